The van der Waals surface area contributed by atoms with E-state index in [2.05, 4.69) is 11.4 Å². The van der Waals surface area contributed by atoms with Crippen molar-refractivity contribution in [3.05, 3.63) is 57.9 Å². The van der Waals surface area contributed by atoms with E-state index in [1.54, 1.807) is 29.8 Å². The molecule has 0 aliphatic carbocycles. The molecule has 0 atom stereocenters. The summed E-state index contributed by atoms with van der Waals surface area (Å²) in [5, 5.41) is 22.6. The van der Waals surface area contributed by atoms with E-state index in [1.807, 2.05) is 6.20 Å². The van der Waals surface area contributed by atoms with Gasteiger partial charge in [-0.15, -0.1) is 0 Å². The third-order valence-corrected chi connectivity index (χ3v) is 2.73. The first kappa shape index (κ1) is 12.6. The van der Waals surface area contributed by atoms with Crippen molar-refractivity contribution in [2.75, 3.05) is 5.32 Å². The number of nitriles is 1. The van der Waals surface area contributed by atoms with Crippen molar-refractivity contribution in [3.8, 4) is 6.07 Å². The average molecular weight is 256 g/mol. The lowest BCUT2D eigenvalue weighted by Gasteiger charge is -2.04. The largest absolute Gasteiger partial charge is 0.381 e. The molecule has 19 heavy (non-hydrogen) atoms. The second-order valence-electron chi connectivity index (χ2n) is 4.12. The number of nitro groups is 1. The summed E-state index contributed by atoms with van der Waals surface area (Å²) in [6.07, 6.45) is 1.85. The number of hydrogen-bond donors (Lipinski definition) is 1. The zero-order valence-electron chi connectivity index (χ0n) is 10.3. The van der Waals surface area contributed by atoms with Crippen molar-refractivity contribution in [1.82, 2.24) is 4.57 Å². The van der Waals surface area contributed by atoms with E-state index in [0.29, 0.717) is 17.9 Å². The van der Waals surface area contributed by atoms with E-state index in [-0.39, 0.29) is 5.69 Å². The van der Waals surface area contributed by atoms with Gasteiger partial charge in [0.1, 0.15) is 11.8 Å². The molecule has 6 heteroatoms. The highest BCUT2D eigenvalue weighted by Crippen LogP contribution is 2.18. The lowest BCUT2D eigenvalue weighted by molar-refractivity contribution is -0.384. The zero-order valence-corrected chi connectivity index (χ0v) is 10.3. The van der Waals surface area contributed by atoms with Crippen LogP contribution in [0.25, 0.3) is 0 Å². The lowest BCUT2D eigenvalue weighted by atomic mass is 10.2. The summed E-state index contributed by atoms with van der Waals surface area (Å²) >= 11 is 0. The minimum absolute atomic E-state index is 0.0516. The highest BCUT2D eigenvalue weighted by atomic mass is 16.6. The zero-order chi connectivity index (χ0) is 13.8. The maximum absolute atomic E-state index is 10.7. The van der Waals surface area contributed by atoms with Crippen LogP contribution >= 0.6 is 0 Å². The van der Waals surface area contributed by atoms with Gasteiger partial charge < -0.3 is 9.88 Å². The number of aryl methyl sites for hydroxylation is 1. The van der Waals surface area contributed by atoms with Gasteiger partial charge in [0, 0.05) is 37.6 Å². The Labute approximate surface area is 110 Å². The van der Waals surface area contributed by atoms with Crippen LogP contribution in [-0.2, 0) is 13.6 Å². The van der Waals surface area contributed by atoms with Crippen LogP contribution in [0.4, 0.5) is 11.4 Å². The van der Waals surface area contributed by atoms with Crippen LogP contribution in [-0.4, -0.2) is 9.49 Å². The molecule has 0 aliphatic rings. The van der Waals surface area contributed by atoms with Crippen molar-refractivity contribution in [1.29, 1.82) is 5.26 Å². The molecule has 2 aromatic rings. The number of rotatable bonds is 4. The van der Waals surface area contributed by atoms with Crippen molar-refractivity contribution >= 4 is 11.4 Å². The van der Waals surface area contributed by atoms with Crippen molar-refractivity contribution < 1.29 is 4.92 Å². The quantitative estimate of drug-likeness (QED) is 0.672. The summed E-state index contributed by atoms with van der Waals surface area (Å²) in [6.45, 7) is 0.511. The van der Waals surface area contributed by atoms with Gasteiger partial charge in [-0.1, -0.05) is 6.07 Å². The van der Waals surface area contributed by atoms with Crippen molar-refractivity contribution in [3.63, 3.8) is 0 Å². The fourth-order valence-corrected chi connectivity index (χ4v) is 1.77. The topological polar surface area (TPSA) is 83.9 Å². The van der Waals surface area contributed by atoms with Gasteiger partial charge in [-0.2, -0.15) is 5.26 Å². The van der Waals surface area contributed by atoms with Gasteiger partial charge in [-0.25, -0.2) is 0 Å². The second-order valence-corrected chi connectivity index (χ2v) is 4.12. The third-order valence-electron chi connectivity index (χ3n) is 2.73. The Hall–Kier alpha value is -2.81. The first-order valence-corrected chi connectivity index (χ1v) is 5.64. The molecule has 0 amide bonds. The van der Waals surface area contributed by atoms with Crippen LogP contribution in [0.3, 0.4) is 0 Å². The summed E-state index contributed by atoms with van der Waals surface area (Å²) in [7, 11) is 1.80. The number of nitrogens with zero attached hydrogens (tertiary/aromatic N) is 3. The monoisotopic (exact) mass is 256 g/mol. The fourth-order valence-electron chi connectivity index (χ4n) is 1.77. The number of benzene rings is 1. The van der Waals surface area contributed by atoms with E-state index in [9.17, 15) is 10.1 Å². The second kappa shape index (κ2) is 5.23. The predicted octanol–water partition coefficient (Wildman–Crippen LogP) is 2.42. The Kier molecular flexibility index (Phi) is 3.48. The lowest BCUT2D eigenvalue weighted by Crippen LogP contribution is -1.99. The molecule has 0 aliphatic heterocycles. The summed E-state index contributed by atoms with van der Waals surface area (Å²) in [5.41, 5.74) is 2.26. The number of anilines is 1. The Morgan fingerprint density at radius 1 is 1.47 bits per heavy atom. The molecular weight excluding hydrogens is 244 g/mol. The van der Waals surface area contributed by atoms with Crippen LogP contribution in [0.5, 0.6) is 0 Å². The van der Waals surface area contributed by atoms with Crippen LogP contribution in [0, 0.1) is 21.4 Å². The smallest absolute Gasteiger partial charge is 0.271 e. The highest BCUT2D eigenvalue weighted by molar-refractivity contribution is 5.51. The molecule has 1 N–H and O–H groups in total. The molecule has 0 spiro atoms. The van der Waals surface area contributed by atoms with Gasteiger partial charge in [-0.3, -0.25) is 10.1 Å². The number of non-ortho nitro benzene ring substituents is 1. The van der Waals surface area contributed by atoms with Crippen LogP contribution < -0.4 is 5.32 Å². The summed E-state index contributed by atoms with van der Waals surface area (Å²) in [4.78, 5) is 10.2. The molecule has 1 heterocycles. The number of nitro benzene ring substituents is 1. The van der Waals surface area contributed by atoms with Crippen molar-refractivity contribution in [2.45, 2.75) is 6.54 Å². The fraction of sp³-hybridized carbons (Fsp3) is 0.154. The average Bonchev–Trinajstić information content (AvgIpc) is 2.77. The molecule has 2 rings (SSSR count). The van der Waals surface area contributed by atoms with Gasteiger partial charge >= 0.3 is 0 Å². The molecule has 0 saturated carbocycles. The van der Waals surface area contributed by atoms with Gasteiger partial charge in [0.25, 0.3) is 5.69 Å². The molecule has 96 valence electrons. The maximum Gasteiger partial charge on any atom is 0.271 e. The number of aromatic nitrogens is 1. The summed E-state index contributed by atoms with van der Waals surface area (Å²) in [6, 6.07) is 10.2. The normalized spacial score (nSPS) is 9.89. The summed E-state index contributed by atoms with van der Waals surface area (Å²) in [5.74, 6) is 0. The Balaban J connectivity index is 2.08. The molecule has 1 aromatic carbocycles. The Bertz CT molecular complexity index is 655. The van der Waals surface area contributed by atoms with Gasteiger partial charge in [0.15, 0.2) is 0 Å². The summed E-state index contributed by atoms with van der Waals surface area (Å²) < 4.78 is 1.74. The molecule has 0 radical (unpaired) electrons. The predicted molar refractivity (Wildman–Crippen MR) is 70.6 cm³/mol. The van der Waals surface area contributed by atoms with E-state index >= 15 is 0 Å². The Morgan fingerprint density at radius 2 is 2.26 bits per heavy atom. The van der Waals surface area contributed by atoms with Gasteiger partial charge in [0.05, 0.1) is 4.92 Å². The van der Waals surface area contributed by atoms with Crippen molar-refractivity contribution in [2.24, 2.45) is 7.05 Å². The number of nitrogens with one attached hydrogen (secondary N) is 1. The SMILES string of the molecule is Cn1cc(CNc2cccc([N+](=O)[O-])c2)cc1C#N. The van der Waals surface area contributed by atoms with Crippen LogP contribution in [0.15, 0.2) is 36.5 Å². The van der Waals surface area contributed by atoms with Crippen LogP contribution in [0.1, 0.15) is 11.3 Å². The molecule has 6 nitrogen and oxygen atoms in total. The molecule has 0 unspecified atom stereocenters. The minimum Gasteiger partial charge on any atom is -0.381 e. The highest BCUT2D eigenvalue weighted by Gasteiger charge is 2.06. The Morgan fingerprint density at radius 3 is 2.89 bits per heavy atom. The molecule has 0 bridgehead atoms. The van der Waals surface area contributed by atoms with E-state index in [1.165, 1.54) is 12.1 Å². The minimum atomic E-state index is -0.429. The molecular formula is C13H12N4O2. The number of hydrogen-bond acceptors (Lipinski definition) is 4. The van der Waals surface area contributed by atoms with E-state index < -0.39 is 4.92 Å². The third kappa shape index (κ3) is 2.90. The molecule has 0 fully saturated rings. The standard InChI is InChI=1S/C13H12N4O2/c1-16-9-10(5-13(16)7-14)8-15-11-3-2-4-12(6-11)17(18)19/h2-6,9,15H,8H2,1H3. The van der Waals surface area contributed by atoms with E-state index in [4.69, 9.17) is 5.26 Å². The first-order valence-electron chi connectivity index (χ1n) is 5.64. The first-order chi connectivity index (χ1) is 9.10. The van der Waals surface area contributed by atoms with Gasteiger partial charge in [0.2, 0.25) is 0 Å². The van der Waals surface area contributed by atoms with Gasteiger partial charge in [-0.05, 0) is 17.7 Å². The van der Waals surface area contributed by atoms with E-state index in [0.717, 1.165) is 5.56 Å². The maximum atomic E-state index is 10.7. The van der Waals surface area contributed by atoms with Crippen LogP contribution in [0.2, 0.25) is 0 Å². The molecule has 0 saturated heterocycles. The molecule has 1 aromatic heterocycles.